The van der Waals surface area contributed by atoms with Gasteiger partial charge < -0.3 is 9.47 Å². The minimum Gasteiger partial charge on any atom is -0.494 e. The van der Waals surface area contributed by atoms with Crippen LogP contribution in [0.15, 0.2) is 48.5 Å². The van der Waals surface area contributed by atoms with E-state index in [0.29, 0.717) is 17.9 Å². The third-order valence-corrected chi connectivity index (χ3v) is 3.63. The summed E-state index contributed by atoms with van der Waals surface area (Å²) in [6.07, 6.45) is 5.98. The molecule has 0 amide bonds. The van der Waals surface area contributed by atoms with Gasteiger partial charge in [-0.2, -0.15) is 0 Å². The second-order valence-corrected chi connectivity index (χ2v) is 5.63. The predicted octanol–water partition coefficient (Wildman–Crippen LogP) is 5.39. The molecule has 0 N–H and O–H groups in total. The van der Waals surface area contributed by atoms with Crippen molar-refractivity contribution >= 4 is 5.97 Å². The number of unbranched alkanes of at least 4 members (excludes halogenated alkanes) is 4. The molecule has 0 aromatic heterocycles. The average Bonchev–Trinajstić information content (AvgIpc) is 2.60. The molecule has 0 heterocycles. The lowest BCUT2D eigenvalue weighted by molar-refractivity contribution is 0.0734. The molecule has 0 aliphatic carbocycles. The van der Waals surface area contributed by atoms with E-state index in [-0.39, 0.29) is 5.82 Å². The van der Waals surface area contributed by atoms with Gasteiger partial charge in [0.25, 0.3) is 0 Å². The SMILES string of the molecule is CCCCCCCOc1ccc(OC(=O)c2ccc(F)cc2)cc1. The third-order valence-electron chi connectivity index (χ3n) is 3.63. The summed E-state index contributed by atoms with van der Waals surface area (Å²) in [5, 5.41) is 0. The highest BCUT2D eigenvalue weighted by molar-refractivity contribution is 5.90. The van der Waals surface area contributed by atoms with Crippen LogP contribution in [-0.2, 0) is 0 Å². The first-order chi connectivity index (χ1) is 11.7. The Hall–Kier alpha value is -2.36. The Morgan fingerprint density at radius 2 is 1.50 bits per heavy atom. The number of rotatable bonds is 9. The molecule has 3 nitrogen and oxygen atoms in total. The van der Waals surface area contributed by atoms with Gasteiger partial charge in [0.15, 0.2) is 0 Å². The van der Waals surface area contributed by atoms with E-state index < -0.39 is 5.97 Å². The van der Waals surface area contributed by atoms with E-state index in [2.05, 4.69) is 6.92 Å². The first-order valence-electron chi connectivity index (χ1n) is 8.39. The summed E-state index contributed by atoms with van der Waals surface area (Å²) in [6, 6.07) is 12.2. The fourth-order valence-corrected chi connectivity index (χ4v) is 2.25. The molecule has 2 aromatic rings. The molecule has 0 aliphatic heterocycles. The summed E-state index contributed by atoms with van der Waals surface area (Å²) >= 11 is 0. The standard InChI is InChI=1S/C20H23FO3/c1-2-3-4-5-6-15-23-18-11-13-19(14-12-18)24-20(22)16-7-9-17(21)10-8-16/h7-14H,2-6,15H2,1H3. The van der Waals surface area contributed by atoms with Gasteiger partial charge in [0.05, 0.1) is 12.2 Å². The van der Waals surface area contributed by atoms with Crippen molar-refractivity contribution in [1.82, 2.24) is 0 Å². The summed E-state index contributed by atoms with van der Waals surface area (Å²) < 4.78 is 23.8. The van der Waals surface area contributed by atoms with Crippen molar-refractivity contribution in [2.75, 3.05) is 6.61 Å². The van der Waals surface area contributed by atoms with Crippen molar-refractivity contribution in [3.8, 4) is 11.5 Å². The number of benzene rings is 2. The van der Waals surface area contributed by atoms with Crippen LogP contribution in [0.25, 0.3) is 0 Å². The van der Waals surface area contributed by atoms with Gasteiger partial charge in [0, 0.05) is 0 Å². The van der Waals surface area contributed by atoms with Gasteiger partial charge in [0.1, 0.15) is 17.3 Å². The number of carbonyl (C=O) groups is 1. The van der Waals surface area contributed by atoms with E-state index in [1.807, 2.05) is 0 Å². The monoisotopic (exact) mass is 330 g/mol. The zero-order chi connectivity index (χ0) is 17.2. The summed E-state index contributed by atoms with van der Waals surface area (Å²) in [5.41, 5.74) is 0.309. The fraction of sp³-hybridized carbons (Fsp3) is 0.350. The molecule has 0 saturated heterocycles. The van der Waals surface area contributed by atoms with Crippen molar-refractivity contribution in [1.29, 1.82) is 0 Å². The smallest absolute Gasteiger partial charge is 0.343 e. The van der Waals surface area contributed by atoms with Crippen molar-refractivity contribution in [2.24, 2.45) is 0 Å². The zero-order valence-electron chi connectivity index (χ0n) is 14.0. The lowest BCUT2D eigenvalue weighted by Crippen LogP contribution is -2.08. The number of ether oxygens (including phenoxy) is 2. The van der Waals surface area contributed by atoms with Crippen molar-refractivity contribution in [2.45, 2.75) is 39.0 Å². The van der Waals surface area contributed by atoms with Crippen LogP contribution < -0.4 is 9.47 Å². The fourth-order valence-electron chi connectivity index (χ4n) is 2.25. The lowest BCUT2D eigenvalue weighted by Gasteiger charge is -2.08. The Morgan fingerprint density at radius 1 is 0.875 bits per heavy atom. The molecule has 0 atom stereocenters. The number of hydrogen-bond acceptors (Lipinski definition) is 3. The number of hydrogen-bond donors (Lipinski definition) is 0. The quantitative estimate of drug-likeness (QED) is 0.351. The first kappa shape index (κ1) is 18.0. The Labute approximate surface area is 142 Å². The summed E-state index contributed by atoms with van der Waals surface area (Å²) in [6.45, 7) is 2.89. The summed E-state index contributed by atoms with van der Waals surface area (Å²) in [7, 11) is 0. The first-order valence-corrected chi connectivity index (χ1v) is 8.39. The molecule has 0 spiro atoms. The molecule has 24 heavy (non-hydrogen) atoms. The van der Waals surface area contributed by atoms with Crippen LogP contribution in [0, 0.1) is 5.82 Å². The van der Waals surface area contributed by atoms with Crippen LogP contribution in [0.5, 0.6) is 11.5 Å². The van der Waals surface area contributed by atoms with Gasteiger partial charge in [-0.1, -0.05) is 32.6 Å². The molecule has 4 heteroatoms. The van der Waals surface area contributed by atoms with Gasteiger partial charge in [-0.15, -0.1) is 0 Å². The summed E-state index contributed by atoms with van der Waals surface area (Å²) in [5.74, 6) is 0.286. The van der Waals surface area contributed by atoms with E-state index in [9.17, 15) is 9.18 Å². The van der Waals surface area contributed by atoms with Crippen LogP contribution in [0.2, 0.25) is 0 Å². The predicted molar refractivity (Wildman–Crippen MR) is 92.1 cm³/mol. The largest absolute Gasteiger partial charge is 0.494 e. The topological polar surface area (TPSA) is 35.5 Å². The highest BCUT2D eigenvalue weighted by atomic mass is 19.1. The molecule has 0 bridgehead atoms. The van der Waals surface area contributed by atoms with E-state index in [1.54, 1.807) is 24.3 Å². The number of carbonyl (C=O) groups excluding carboxylic acids is 1. The Bertz CT molecular complexity index is 620. The molecule has 0 aliphatic rings. The molecule has 0 unspecified atom stereocenters. The Balaban J connectivity index is 1.77. The third kappa shape index (κ3) is 6.03. The Morgan fingerprint density at radius 3 is 2.17 bits per heavy atom. The zero-order valence-corrected chi connectivity index (χ0v) is 14.0. The van der Waals surface area contributed by atoms with Crippen molar-refractivity contribution in [3.05, 3.63) is 59.9 Å². The number of esters is 1. The second-order valence-electron chi connectivity index (χ2n) is 5.63. The van der Waals surface area contributed by atoms with E-state index in [1.165, 1.54) is 49.9 Å². The molecule has 2 rings (SSSR count). The Kier molecular flexibility index (Phi) is 7.27. The minimum absolute atomic E-state index is 0.309. The highest BCUT2D eigenvalue weighted by Crippen LogP contribution is 2.19. The van der Waals surface area contributed by atoms with E-state index >= 15 is 0 Å². The molecule has 2 aromatic carbocycles. The molecular formula is C20H23FO3. The normalized spacial score (nSPS) is 10.4. The van der Waals surface area contributed by atoms with Crippen LogP contribution >= 0.6 is 0 Å². The molecule has 0 fully saturated rings. The number of halogens is 1. The van der Waals surface area contributed by atoms with E-state index in [4.69, 9.17) is 9.47 Å². The van der Waals surface area contributed by atoms with Gasteiger partial charge in [-0.25, -0.2) is 9.18 Å². The molecule has 0 saturated carbocycles. The molecule has 0 radical (unpaired) electrons. The van der Waals surface area contributed by atoms with Gasteiger partial charge in [-0.05, 0) is 55.0 Å². The molecule has 128 valence electrons. The van der Waals surface area contributed by atoms with Crippen LogP contribution in [0.1, 0.15) is 49.4 Å². The van der Waals surface area contributed by atoms with Crippen molar-refractivity contribution < 1.29 is 18.7 Å². The maximum absolute atomic E-state index is 12.8. The second kappa shape index (κ2) is 9.71. The highest BCUT2D eigenvalue weighted by Gasteiger charge is 2.08. The average molecular weight is 330 g/mol. The van der Waals surface area contributed by atoms with Gasteiger partial charge in [-0.3, -0.25) is 0 Å². The van der Waals surface area contributed by atoms with Crippen molar-refractivity contribution in [3.63, 3.8) is 0 Å². The maximum atomic E-state index is 12.8. The lowest BCUT2D eigenvalue weighted by atomic mass is 10.2. The van der Waals surface area contributed by atoms with Crippen LogP contribution in [0.4, 0.5) is 4.39 Å². The minimum atomic E-state index is -0.514. The maximum Gasteiger partial charge on any atom is 0.343 e. The van der Waals surface area contributed by atoms with Crippen LogP contribution in [0.3, 0.4) is 0 Å². The van der Waals surface area contributed by atoms with Gasteiger partial charge >= 0.3 is 5.97 Å². The van der Waals surface area contributed by atoms with Crippen LogP contribution in [-0.4, -0.2) is 12.6 Å². The van der Waals surface area contributed by atoms with E-state index in [0.717, 1.165) is 12.2 Å². The van der Waals surface area contributed by atoms with Gasteiger partial charge in [0.2, 0.25) is 0 Å². The molecular weight excluding hydrogens is 307 g/mol. The summed E-state index contributed by atoms with van der Waals surface area (Å²) in [4.78, 5) is 11.9.